The van der Waals surface area contributed by atoms with E-state index in [1.807, 2.05) is 12.1 Å². The molecule has 1 fully saturated rings. The van der Waals surface area contributed by atoms with E-state index < -0.39 is 0 Å². The molecule has 0 radical (unpaired) electrons. The molecular weight excluding hydrogens is 205 g/mol. The fourth-order valence-electron chi connectivity index (χ4n) is 2.25. The van der Waals surface area contributed by atoms with E-state index in [1.165, 1.54) is 25.0 Å². The van der Waals surface area contributed by atoms with Gasteiger partial charge in [0, 0.05) is 6.04 Å². The number of hydrogen-bond acceptors (Lipinski definition) is 3. The molecule has 3 nitrogen and oxygen atoms in total. The van der Waals surface area contributed by atoms with Crippen molar-refractivity contribution in [3.63, 3.8) is 0 Å². The molecule has 0 saturated heterocycles. The van der Waals surface area contributed by atoms with E-state index in [-0.39, 0.29) is 11.9 Å². The summed E-state index contributed by atoms with van der Waals surface area (Å²) >= 11 is 0. The van der Waals surface area contributed by atoms with Crippen LogP contribution in [0.1, 0.15) is 24.4 Å². The summed E-state index contributed by atoms with van der Waals surface area (Å²) in [6.45, 7) is 0.688. The highest BCUT2D eigenvalue weighted by Gasteiger charge is 2.38. The number of benzene rings is 1. The van der Waals surface area contributed by atoms with E-state index in [4.69, 9.17) is 5.73 Å². The second-order valence-corrected chi connectivity index (χ2v) is 4.40. The lowest BCUT2D eigenvalue weighted by Crippen LogP contribution is -2.37. The first-order chi connectivity index (χ1) is 7.75. The van der Waals surface area contributed by atoms with Crippen LogP contribution in [0.15, 0.2) is 29.3 Å². The minimum atomic E-state index is -0.200. The third kappa shape index (κ3) is 1.54. The zero-order valence-corrected chi connectivity index (χ0v) is 8.94. The SMILES string of the molecule is NC1=NCC(c2ccc(F)cc2)N1C1CC1. The summed E-state index contributed by atoms with van der Waals surface area (Å²) < 4.78 is 12.9. The van der Waals surface area contributed by atoms with Gasteiger partial charge in [-0.15, -0.1) is 0 Å². The van der Waals surface area contributed by atoms with Crippen LogP contribution in [0.2, 0.25) is 0 Å². The largest absolute Gasteiger partial charge is 0.370 e. The number of rotatable bonds is 2. The number of guanidine groups is 1. The molecule has 16 heavy (non-hydrogen) atoms. The Morgan fingerprint density at radius 2 is 1.94 bits per heavy atom. The van der Waals surface area contributed by atoms with Gasteiger partial charge < -0.3 is 10.6 Å². The number of nitrogens with zero attached hydrogens (tertiary/aromatic N) is 2. The minimum absolute atomic E-state index is 0.200. The predicted octanol–water partition coefficient (Wildman–Crippen LogP) is 1.66. The summed E-state index contributed by atoms with van der Waals surface area (Å²) in [6.07, 6.45) is 2.38. The van der Waals surface area contributed by atoms with Crippen molar-refractivity contribution in [2.24, 2.45) is 10.7 Å². The van der Waals surface area contributed by atoms with Crippen molar-refractivity contribution in [3.05, 3.63) is 35.6 Å². The molecule has 0 aromatic heterocycles. The molecule has 0 bridgehead atoms. The monoisotopic (exact) mass is 219 g/mol. The van der Waals surface area contributed by atoms with Crippen LogP contribution in [-0.4, -0.2) is 23.4 Å². The summed E-state index contributed by atoms with van der Waals surface area (Å²) in [7, 11) is 0. The lowest BCUT2D eigenvalue weighted by atomic mass is 10.1. The van der Waals surface area contributed by atoms with Crippen molar-refractivity contribution < 1.29 is 4.39 Å². The van der Waals surface area contributed by atoms with Crippen LogP contribution in [0, 0.1) is 5.82 Å². The Bertz CT molecular complexity index is 422. The van der Waals surface area contributed by atoms with Gasteiger partial charge in [0.2, 0.25) is 0 Å². The molecule has 1 heterocycles. The lowest BCUT2D eigenvalue weighted by molar-refractivity contribution is 0.338. The summed E-state index contributed by atoms with van der Waals surface area (Å²) in [5.74, 6) is 0.436. The van der Waals surface area contributed by atoms with Crippen LogP contribution in [-0.2, 0) is 0 Å². The average Bonchev–Trinajstić information content (AvgIpc) is 3.04. The molecule has 1 aliphatic heterocycles. The van der Waals surface area contributed by atoms with Gasteiger partial charge >= 0.3 is 0 Å². The first-order valence-corrected chi connectivity index (χ1v) is 5.59. The van der Waals surface area contributed by atoms with Crippen LogP contribution < -0.4 is 5.73 Å². The molecule has 0 spiro atoms. The van der Waals surface area contributed by atoms with Gasteiger partial charge in [-0.2, -0.15) is 0 Å². The Kier molecular flexibility index (Phi) is 2.09. The molecule has 3 rings (SSSR count). The van der Waals surface area contributed by atoms with Gasteiger partial charge in [-0.25, -0.2) is 4.39 Å². The second-order valence-electron chi connectivity index (χ2n) is 4.40. The zero-order valence-electron chi connectivity index (χ0n) is 8.94. The van der Waals surface area contributed by atoms with Crippen molar-refractivity contribution in [2.45, 2.75) is 24.9 Å². The maximum Gasteiger partial charge on any atom is 0.192 e. The average molecular weight is 219 g/mol. The maximum absolute atomic E-state index is 12.9. The van der Waals surface area contributed by atoms with Gasteiger partial charge in [-0.1, -0.05) is 12.1 Å². The van der Waals surface area contributed by atoms with E-state index in [9.17, 15) is 4.39 Å². The number of aliphatic imine (C=N–C) groups is 1. The van der Waals surface area contributed by atoms with Crippen molar-refractivity contribution in [2.75, 3.05) is 6.54 Å². The zero-order chi connectivity index (χ0) is 11.1. The van der Waals surface area contributed by atoms with E-state index in [0.717, 1.165) is 5.56 Å². The number of hydrogen-bond donors (Lipinski definition) is 1. The highest BCUT2D eigenvalue weighted by molar-refractivity contribution is 5.81. The molecule has 0 amide bonds. The van der Waals surface area contributed by atoms with Crippen molar-refractivity contribution in [1.29, 1.82) is 0 Å². The standard InChI is InChI=1S/C12H14FN3/c13-9-3-1-8(2-4-9)11-7-15-12(14)16(11)10-5-6-10/h1-4,10-11H,5-7H2,(H2,14,15). The third-order valence-corrected chi connectivity index (χ3v) is 3.22. The summed E-state index contributed by atoms with van der Waals surface area (Å²) in [6, 6.07) is 7.38. The molecule has 2 N–H and O–H groups in total. The summed E-state index contributed by atoms with van der Waals surface area (Å²) in [5, 5.41) is 0. The molecule has 2 aliphatic rings. The van der Waals surface area contributed by atoms with Gasteiger partial charge in [0.05, 0.1) is 12.6 Å². The highest BCUT2D eigenvalue weighted by Crippen LogP contribution is 2.36. The van der Waals surface area contributed by atoms with Crippen molar-refractivity contribution in [3.8, 4) is 0 Å². The fourth-order valence-corrected chi connectivity index (χ4v) is 2.25. The molecule has 84 valence electrons. The Balaban J connectivity index is 1.87. The first kappa shape index (κ1) is 9.63. The number of halogens is 1. The van der Waals surface area contributed by atoms with Crippen LogP contribution in [0.25, 0.3) is 0 Å². The van der Waals surface area contributed by atoms with Gasteiger partial charge in [-0.05, 0) is 30.5 Å². The molecular formula is C12H14FN3. The smallest absolute Gasteiger partial charge is 0.192 e. The summed E-state index contributed by atoms with van der Waals surface area (Å²) in [4.78, 5) is 6.46. The van der Waals surface area contributed by atoms with Gasteiger partial charge in [0.15, 0.2) is 5.96 Å². The molecule has 1 atom stereocenters. The predicted molar refractivity (Wildman–Crippen MR) is 60.5 cm³/mol. The van der Waals surface area contributed by atoms with Crippen LogP contribution in [0.3, 0.4) is 0 Å². The quantitative estimate of drug-likeness (QED) is 0.822. The van der Waals surface area contributed by atoms with E-state index in [2.05, 4.69) is 9.89 Å². The van der Waals surface area contributed by atoms with Crippen LogP contribution in [0.4, 0.5) is 4.39 Å². The Morgan fingerprint density at radius 1 is 1.25 bits per heavy atom. The van der Waals surface area contributed by atoms with Gasteiger partial charge in [-0.3, -0.25) is 4.99 Å². The maximum atomic E-state index is 12.9. The Hall–Kier alpha value is -1.58. The highest BCUT2D eigenvalue weighted by atomic mass is 19.1. The topological polar surface area (TPSA) is 41.6 Å². The Labute approximate surface area is 93.8 Å². The van der Waals surface area contributed by atoms with Gasteiger partial charge in [0.25, 0.3) is 0 Å². The van der Waals surface area contributed by atoms with Crippen molar-refractivity contribution in [1.82, 2.24) is 4.90 Å². The molecule has 1 aromatic rings. The minimum Gasteiger partial charge on any atom is -0.370 e. The first-order valence-electron chi connectivity index (χ1n) is 5.59. The fraction of sp³-hybridized carbons (Fsp3) is 0.417. The molecule has 1 unspecified atom stereocenters. The normalized spacial score (nSPS) is 24.7. The number of nitrogens with two attached hydrogens (primary N) is 1. The molecule has 4 heteroatoms. The lowest BCUT2D eigenvalue weighted by Gasteiger charge is -2.26. The molecule has 1 aromatic carbocycles. The van der Waals surface area contributed by atoms with Crippen molar-refractivity contribution >= 4 is 5.96 Å². The molecule has 1 aliphatic carbocycles. The second kappa shape index (κ2) is 3.47. The third-order valence-electron chi connectivity index (χ3n) is 3.22. The van der Waals surface area contributed by atoms with E-state index >= 15 is 0 Å². The van der Waals surface area contributed by atoms with E-state index in [1.54, 1.807) is 0 Å². The summed E-state index contributed by atoms with van der Waals surface area (Å²) in [5.41, 5.74) is 6.97. The Morgan fingerprint density at radius 3 is 2.56 bits per heavy atom. The van der Waals surface area contributed by atoms with Gasteiger partial charge in [0.1, 0.15) is 5.82 Å². The molecule has 1 saturated carbocycles. The van der Waals surface area contributed by atoms with Crippen LogP contribution >= 0.6 is 0 Å². The van der Waals surface area contributed by atoms with Crippen LogP contribution in [0.5, 0.6) is 0 Å². The van der Waals surface area contributed by atoms with E-state index in [0.29, 0.717) is 18.5 Å².